The summed E-state index contributed by atoms with van der Waals surface area (Å²) >= 11 is 0. The highest BCUT2D eigenvalue weighted by molar-refractivity contribution is 5.56. The molecular weight excluding hydrogens is 294 g/mol. The molecule has 1 aliphatic rings. The predicted molar refractivity (Wildman–Crippen MR) is 90.6 cm³/mol. The largest absolute Gasteiger partial charge is 0.493 e. The highest BCUT2D eigenvalue weighted by atomic mass is 16.5. The van der Waals surface area contributed by atoms with Gasteiger partial charge in [0, 0.05) is 18.2 Å². The van der Waals surface area contributed by atoms with E-state index in [4.69, 9.17) is 14.2 Å². The number of rotatable bonds is 7. The van der Waals surface area contributed by atoms with Crippen molar-refractivity contribution in [3.8, 4) is 17.2 Å². The molecule has 1 aromatic carbocycles. The van der Waals surface area contributed by atoms with E-state index < -0.39 is 6.10 Å². The molecule has 2 unspecified atom stereocenters. The Bertz CT molecular complexity index is 506. The maximum Gasteiger partial charge on any atom is 0.203 e. The van der Waals surface area contributed by atoms with Crippen LogP contribution in [-0.2, 0) is 0 Å². The third-order valence-electron chi connectivity index (χ3n) is 4.72. The van der Waals surface area contributed by atoms with Crippen molar-refractivity contribution >= 4 is 0 Å². The van der Waals surface area contributed by atoms with Crippen LogP contribution in [0.5, 0.6) is 17.2 Å². The number of ether oxygens (including phenoxy) is 3. The van der Waals surface area contributed by atoms with E-state index in [0.717, 1.165) is 18.7 Å². The van der Waals surface area contributed by atoms with E-state index in [1.54, 1.807) is 21.3 Å². The molecule has 0 radical (unpaired) electrons. The van der Waals surface area contributed by atoms with Crippen molar-refractivity contribution in [2.75, 3.05) is 34.4 Å². The molecule has 0 amide bonds. The summed E-state index contributed by atoms with van der Waals surface area (Å²) in [6.07, 6.45) is 3.90. The monoisotopic (exact) mass is 323 g/mol. The Labute approximate surface area is 139 Å². The van der Waals surface area contributed by atoms with Crippen LogP contribution in [0.15, 0.2) is 12.1 Å². The SMILES string of the molecule is COc1ccc(C(O)CCN2CCCCC2C)c(OC)c1OC. The molecule has 1 heterocycles. The van der Waals surface area contributed by atoms with Crippen LogP contribution in [-0.4, -0.2) is 50.5 Å². The van der Waals surface area contributed by atoms with Crippen LogP contribution < -0.4 is 14.2 Å². The molecule has 5 heteroatoms. The van der Waals surface area contributed by atoms with Crippen LogP contribution in [0.3, 0.4) is 0 Å². The van der Waals surface area contributed by atoms with Crippen molar-refractivity contribution in [1.82, 2.24) is 4.90 Å². The highest BCUT2D eigenvalue weighted by Crippen LogP contribution is 2.42. The van der Waals surface area contributed by atoms with Gasteiger partial charge >= 0.3 is 0 Å². The van der Waals surface area contributed by atoms with E-state index in [1.165, 1.54) is 19.3 Å². The van der Waals surface area contributed by atoms with Crippen molar-refractivity contribution < 1.29 is 19.3 Å². The third-order valence-corrected chi connectivity index (χ3v) is 4.72. The molecule has 5 nitrogen and oxygen atoms in total. The zero-order valence-electron chi connectivity index (χ0n) is 14.7. The Hall–Kier alpha value is -1.46. The van der Waals surface area contributed by atoms with E-state index in [0.29, 0.717) is 29.7 Å². The molecule has 23 heavy (non-hydrogen) atoms. The van der Waals surface area contributed by atoms with Crippen LogP contribution >= 0.6 is 0 Å². The molecule has 0 spiro atoms. The fourth-order valence-electron chi connectivity index (χ4n) is 3.32. The summed E-state index contributed by atoms with van der Waals surface area (Å²) in [4.78, 5) is 2.46. The van der Waals surface area contributed by atoms with Gasteiger partial charge in [0.25, 0.3) is 0 Å². The molecule has 1 saturated heterocycles. The van der Waals surface area contributed by atoms with Gasteiger partial charge in [-0.2, -0.15) is 0 Å². The van der Waals surface area contributed by atoms with Gasteiger partial charge in [-0.05, 0) is 44.9 Å². The molecule has 0 bridgehead atoms. The van der Waals surface area contributed by atoms with Crippen molar-refractivity contribution in [1.29, 1.82) is 0 Å². The molecule has 2 atom stereocenters. The lowest BCUT2D eigenvalue weighted by molar-refractivity contribution is 0.107. The molecule has 0 aromatic heterocycles. The number of piperidine rings is 1. The molecule has 0 saturated carbocycles. The summed E-state index contributed by atoms with van der Waals surface area (Å²) in [6, 6.07) is 4.26. The Kier molecular flexibility index (Phi) is 6.54. The maximum atomic E-state index is 10.6. The van der Waals surface area contributed by atoms with E-state index in [9.17, 15) is 5.11 Å². The van der Waals surface area contributed by atoms with Crippen molar-refractivity contribution in [3.63, 3.8) is 0 Å². The number of hydrogen-bond donors (Lipinski definition) is 1. The van der Waals surface area contributed by atoms with Gasteiger partial charge < -0.3 is 24.2 Å². The number of aliphatic hydroxyl groups is 1. The molecule has 1 N–H and O–H groups in total. The maximum absolute atomic E-state index is 10.6. The van der Waals surface area contributed by atoms with Gasteiger partial charge in [-0.25, -0.2) is 0 Å². The first-order valence-corrected chi connectivity index (χ1v) is 8.33. The Morgan fingerprint density at radius 1 is 1.13 bits per heavy atom. The zero-order valence-corrected chi connectivity index (χ0v) is 14.7. The first-order valence-electron chi connectivity index (χ1n) is 8.33. The third kappa shape index (κ3) is 4.09. The summed E-state index contributed by atoms with van der Waals surface area (Å²) in [5.41, 5.74) is 0.745. The van der Waals surface area contributed by atoms with E-state index in [2.05, 4.69) is 11.8 Å². The minimum Gasteiger partial charge on any atom is -0.493 e. The fraction of sp³-hybridized carbons (Fsp3) is 0.667. The lowest BCUT2D eigenvalue weighted by Gasteiger charge is -2.34. The quantitative estimate of drug-likeness (QED) is 0.836. The van der Waals surface area contributed by atoms with Gasteiger partial charge in [0.1, 0.15) is 0 Å². The average Bonchev–Trinajstić information content (AvgIpc) is 2.59. The fourth-order valence-corrected chi connectivity index (χ4v) is 3.32. The Morgan fingerprint density at radius 3 is 2.48 bits per heavy atom. The summed E-state index contributed by atoms with van der Waals surface area (Å²) in [5, 5.41) is 10.6. The molecular formula is C18H29NO4. The lowest BCUT2D eigenvalue weighted by atomic mass is 10.0. The smallest absolute Gasteiger partial charge is 0.203 e. The normalized spacial score (nSPS) is 20.1. The number of methoxy groups -OCH3 is 3. The second-order valence-electron chi connectivity index (χ2n) is 6.11. The van der Waals surface area contributed by atoms with Gasteiger partial charge in [0.2, 0.25) is 5.75 Å². The first kappa shape index (κ1) is 17.9. The minimum atomic E-state index is -0.584. The zero-order chi connectivity index (χ0) is 16.8. The van der Waals surface area contributed by atoms with Crippen LogP contribution in [0.4, 0.5) is 0 Å². The Balaban J connectivity index is 2.10. The molecule has 0 aliphatic carbocycles. The van der Waals surface area contributed by atoms with Crippen molar-refractivity contribution in [2.45, 2.75) is 44.8 Å². The van der Waals surface area contributed by atoms with Crippen LogP contribution in [0.1, 0.15) is 44.3 Å². The predicted octanol–water partition coefficient (Wildman–Crippen LogP) is 3.01. The molecule has 130 valence electrons. The number of nitrogens with zero attached hydrogens (tertiary/aromatic N) is 1. The van der Waals surface area contributed by atoms with Gasteiger partial charge in [-0.1, -0.05) is 6.42 Å². The lowest BCUT2D eigenvalue weighted by Crippen LogP contribution is -2.38. The molecule has 1 fully saturated rings. The van der Waals surface area contributed by atoms with Gasteiger partial charge in [-0.15, -0.1) is 0 Å². The first-order chi connectivity index (χ1) is 11.1. The average molecular weight is 323 g/mol. The van der Waals surface area contributed by atoms with Gasteiger partial charge in [0.05, 0.1) is 27.4 Å². The highest BCUT2D eigenvalue weighted by Gasteiger charge is 2.23. The number of likely N-dealkylation sites (tertiary alicyclic amines) is 1. The topological polar surface area (TPSA) is 51.2 Å². The molecule has 1 aliphatic heterocycles. The summed E-state index contributed by atoms with van der Waals surface area (Å²) in [7, 11) is 4.75. The van der Waals surface area contributed by atoms with E-state index >= 15 is 0 Å². The van der Waals surface area contributed by atoms with E-state index in [-0.39, 0.29) is 0 Å². The van der Waals surface area contributed by atoms with Crippen LogP contribution in [0.2, 0.25) is 0 Å². The van der Waals surface area contributed by atoms with Gasteiger partial charge in [-0.3, -0.25) is 0 Å². The van der Waals surface area contributed by atoms with Crippen molar-refractivity contribution in [3.05, 3.63) is 17.7 Å². The van der Waals surface area contributed by atoms with Crippen LogP contribution in [0, 0.1) is 0 Å². The second-order valence-corrected chi connectivity index (χ2v) is 6.11. The summed E-state index contributed by atoms with van der Waals surface area (Å²) in [5.74, 6) is 1.67. The standard InChI is InChI=1S/C18H29NO4/c1-13-7-5-6-11-19(13)12-10-15(20)14-8-9-16(21-2)18(23-4)17(14)22-3/h8-9,13,15,20H,5-7,10-12H2,1-4H3. The van der Waals surface area contributed by atoms with Crippen LogP contribution in [0.25, 0.3) is 0 Å². The second kappa shape index (κ2) is 8.41. The van der Waals surface area contributed by atoms with Gasteiger partial charge in [0.15, 0.2) is 11.5 Å². The number of aliphatic hydroxyl groups excluding tert-OH is 1. The number of benzene rings is 1. The summed E-state index contributed by atoms with van der Waals surface area (Å²) in [6.45, 7) is 4.28. The Morgan fingerprint density at radius 2 is 1.87 bits per heavy atom. The minimum absolute atomic E-state index is 0.526. The molecule has 2 rings (SSSR count). The van der Waals surface area contributed by atoms with Crippen molar-refractivity contribution in [2.24, 2.45) is 0 Å². The summed E-state index contributed by atoms with van der Waals surface area (Å²) < 4.78 is 16.1. The number of hydrogen-bond acceptors (Lipinski definition) is 5. The van der Waals surface area contributed by atoms with E-state index in [1.807, 2.05) is 12.1 Å². The molecule has 1 aromatic rings.